The van der Waals surface area contributed by atoms with Crippen LogP contribution in [-0.4, -0.2) is 21.9 Å². The van der Waals surface area contributed by atoms with Gasteiger partial charge < -0.3 is 20.1 Å². The summed E-state index contributed by atoms with van der Waals surface area (Å²) in [5.74, 6) is 1.58. The quantitative estimate of drug-likeness (QED) is 0.133. The van der Waals surface area contributed by atoms with Crippen LogP contribution in [0.2, 0.25) is 0 Å². The number of rotatable bonds is 8. The Kier molecular flexibility index (Phi) is 14.0. The standard InChI is InChI=1S/C54H68Br2O4S/c1-51(2,3)41-23-33-19-35-25-42(52(4,5)6)27-37(47(35)58)21-39-29-44(54(10,11)12)30-40(49(39)60-18-16-14-13-15-17-32-31-45(55)61-50(32)56)22-38-28-43(53(7,8)9)26-36(48(38)59)20-34(24-41)46(33)57/h23-31,57-59H,13-22H2,1-12H3. The van der Waals surface area contributed by atoms with E-state index >= 15 is 0 Å². The van der Waals surface area contributed by atoms with Crippen molar-refractivity contribution in [2.75, 3.05) is 6.61 Å². The fraction of sp³-hybridized carbons (Fsp3) is 0.481. The molecule has 0 radical (unpaired) electrons. The molecular formula is C54H68Br2O4S. The lowest BCUT2D eigenvalue weighted by Crippen LogP contribution is -2.16. The van der Waals surface area contributed by atoms with Gasteiger partial charge in [-0.05, 0) is 151 Å². The van der Waals surface area contributed by atoms with Crippen LogP contribution in [0, 0.1) is 0 Å². The third-order valence-electron chi connectivity index (χ3n) is 12.3. The number of benzene rings is 4. The maximum absolute atomic E-state index is 12.3. The van der Waals surface area contributed by atoms with Gasteiger partial charge in [0.25, 0.3) is 0 Å². The van der Waals surface area contributed by atoms with E-state index < -0.39 is 0 Å². The fourth-order valence-corrected chi connectivity index (χ4v) is 11.2. The molecule has 5 aromatic rings. The van der Waals surface area contributed by atoms with Gasteiger partial charge in [-0.15, -0.1) is 11.3 Å². The molecule has 0 aliphatic heterocycles. The summed E-state index contributed by atoms with van der Waals surface area (Å²) in [6, 6.07) is 19.6. The number of unbranched alkanes of at least 4 members (excludes halogenated alkanes) is 3. The third-order valence-corrected chi connectivity index (χ3v) is 14.8. The number of aromatic hydroxyl groups is 3. The Balaban J connectivity index is 1.52. The molecule has 328 valence electrons. The van der Waals surface area contributed by atoms with E-state index in [4.69, 9.17) is 4.74 Å². The number of fused-ring (bicyclic) bond motifs is 8. The number of hydrogen-bond acceptors (Lipinski definition) is 5. The number of thiophene rings is 1. The minimum Gasteiger partial charge on any atom is -0.507 e. The van der Waals surface area contributed by atoms with Crippen molar-refractivity contribution in [3.8, 4) is 23.0 Å². The molecule has 1 aliphatic rings. The van der Waals surface area contributed by atoms with E-state index in [0.29, 0.717) is 32.3 Å². The van der Waals surface area contributed by atoms with E-state index in [1.807, 2.05) is 0 Å². The van der Waals surface area contributed by atoms with Gasteiger partial charge in [-0.3, -0.25) is 0 Å². The molecule has 7 heteroatoms. The van der Waals surface area contributed by atoms with Crippen molar-refractivity contribution >= 4 is 43.2 Å². The second kappa shape index (κ2) is 18.1. The van der Waals surface area contributed by atoms with Gasteiger partial charge in [0.05, 0.1) is 14.2 Å². The molecule has 0 atom stereocenters. The van der Waals surface area contributed by atoms with Crippen LogP contribution in [0.3, 0.4) is 0 Å². The van der Waals surface area contributed by atoms with Gasteiger partial charge in [0, 0.05) is 25.7 Å². The van der Waals surface area contributed by atoms with Crippen LogP contribution in [0.1, 0.15) is 181 Å². The number of halogens is 2. The molecule has 3 N–H and O–H groups in total. The predicted octanol–water partition coefficient (Wildman–Crippen LogP) is 15.4. The number of ether oxygens (including phenoxy) is 1. The van der Waals surface area contributed by atoms with Crippen LogP contribution in [0.4, 0.5) is 0 Å². The summed E-state index contributed by atoms with van der Waals surface area (Å²) in [4.78, 5) is 0. The summed E-state index contributed by atoms with van der Waals surface area (Å²) >= 11 is 9.06. The normalized spacial score (nSPS) is 13.7. The first kappa shape index (κ1) is 47.2. The molecule has 0 unspecified atom stereocenters. The Labute approximate surface area is 387 Å². The summed E-state index contributed by atoms with van der Waals surface area (Å²) < 4.78 is 9.34. The van der Waals surface area contributed by atoms with Crippen molar-refractivity contribution < 1.29 is 20.1 Å². The third kappa shape index (κ3) is 11.3. The maximum atomic E-state index is 12.3. The summed E-state index contributed by atoms with van der Waals surface area (Å²) in [6.45, 7) is 27.2. The Morgan fingerprint density at radius 2 is 0.770 bits per heavy atom. The second-order valence-electron chi connectivity index (χ2n) is 21.6. The van der Waals surface area contributed by atoms with E-state index in [2.05, 4.69) is 170 Å². The fourth-order valence-electron chi connectivity index (χ4n) is 8.33. The molecule has 1 heterocycles. The van der Waals surface area contributed by atoms with Crippen molar-refractivity contribution in [3.63, 3.8) is 0 Å². The lowest BCUT2D eigenvalue weighted by Gasteiger charge is -2.27. The van der Waals surface area contributed by atoms with Crippen LogP contribution >= 0.6 is 43.2 Å². The average Bonchev–Trinajstić information content (AvgIpc) is 3.46. The predicted molar refractivity (Wildman–Crippen MR) is 264 cm³/mol. The number of hydrogen-bond donors (Lipinski definition) is 3. The minimum atomic E-state index is -0.192. The number of phenolic OH excluding ortho intramolecular Hbond substituents is 3. The first-order valence-corrected chi connectivity index (χ1v) is 24.5. The molecule has 6 rings (SSSR count). The molecule has 8 bridgehead atoms. The largest absolute Gasteiger partial charge is 0.507 e. The SMILES string of the molecule is CC(C)(C)c1cc2c(O)c(c1)Cc1cc(C(C)(C)C)cc(c1O)Cc1cc(C(C)(C)C)cc(c1OCCCCCCc1cc(Br)sc1Br)Cc1cc(C(C)(C)C)cc(c1O)C2. The Morgan fingerprint density at radius 3 is 1.08 bits per heavy atom. The maximum Gasteiger partial charge on any atom is 0.126 e. The zero-order valence-electron chi connectivity index (χ0n) is 38.7. The highest BCUT2D eigenvalue weighted by Crippen LogP contribution is 2.43. The van der Waals surface area contributed by atoms with Crippen molar-refractivity contribution in [3.05, 3.63) is 134 Å². The number of phenols is 3. The van der Waals surface area contributed by atoms with Crippen LogP contribution in [0.5, 0.6) is 23.0 Å². The molecule has 1 aliphatic carbocycles. The van der Waals surface area contributed by atoms with Crippen molar-refractivity contribution in [2.24, 2.45) is 0 Å². The van der Waals surface area contributed by atoms with Crippen molar-refractivity contribution in [1.29, 1.82) is 0 Å². The summed E-state index contributed by atoms with van der Waals surface area (Å²) in [5, 5.41) is 36.8. The molecule has 0 amide bonds. The average molecular weight is 973 g/mol. The van der Waals surface area contributed by atoms with Gasteiger partial charge in [0.1, 0.15) is 23.0 Å². The van der Waals surface area contributed by atoms with Crippen LogP contribution in [0.15, 0.2) is 62.2 Å². The van der Waals surface area contributed by atoms with Crippen LogP contribution in [0.25, 0.3) is 0 Å². The Bertz CT molecular complexity index is 2280. The number of aryl methyl sites for hydroxylation is 1. The van der Waals surface area contributed by atoms with Gasteiger partial charge in [-0.25, -0.2) is 0 Å². The molecule has 0 saturated heterocycles. The Hall–Kier alpha value is -3.26. The van der Waals surface area contributed by atoms with E-state index in [1.54, 1.807) is 11.3 Å². The summed E-state index contributed by atoms with van der Waals surface area (Å²) in [7, 11) is 0. The van der Waals surface area contributed by atoms with Crippen LogP contribution < -0.4 is 4.74 Å². The topological polar surface area (TPSA) is 69.9 Å². The highest BCUT2D eigenvalue weighted by molar-refractivity contribution is 9.12. The molecule has 1 aromatic heterocycles. The smallest absolute Gasteiger partial charge is 0.126 e. The lowest BCUT2D eigenvalue weighted by molar-refractivity contribution is 0.299. The van der Waals surface area contributed by atoms with Gasteiger partial charge >= 0.3 is 0 Å². The molecular weight excluding hydrogens is 904 g/mol. The molecule has 61 heavy (non-hydrogen) atoms. The molecule has 0 spiro atoms. The zero-order chi connectivity index (χ0) is 44.8. The van der Waals surface area contributed by atoms with Crippen molar-refractivity contribution in [1.82, 2.24) is 0 Å². The molecule has 4 aromatic carbocycles. The van der Waals surface area contributed by atoms with Crippen molar-refractivity contribution in [2.45, 2.75) is 163 Å². The van der Waals surface area contributed by atoms with E-state index in [0.717, 1.165) is 103 Å². The van der Waals surface area contributed by atoms with E-state index in [9.17, 15) is 15.3 Å². The first-order valence-electron chi connectivity index (χ1n) is 22.1. The first-order chi connectivity index (χ1) is 28.3. The highest BCUT2D eigenvalue weighted by Gasteiger charge is 2.28. The zero-order valence-corrected chi connectivity index (χ0v) is 42.7. The molecule has 4 nitrogen and oxygen atoms in total. The Morgan fingerprint density at radius 1 is 0.459 bits per heavy atom. The lowest BCUT2D eigenvalue weighted by atomic mass is 9.79. The minimum absolute atomic E-state index is 0.165. The van der Waals surface area contributed by atoms with E-state index in [-0.39, 0.29) is 38.9 Å². The van der Waals surface area contributed by atoms with Gasteiger partial charge in [0.15, 0.2) is 0 Å². The second-order valence-corrected chi connectivity index (χ2v) is 25.4. The highest BCUT2D eigenvalue weighted by atomic mass is 79.9. The van der Waals surface area contributed by atoms with Gasteiger partial charge in [0.2, 0.25) is 0 Å². The summed E-state index contributed by atoms with van der Waals surface area (Å²) in [6.07, 6.45) is 6.94. The molecule has 0 fully saturated rings. The monoisotopic (exact) mass is 970 g/mol. The summed E-state index contributed by atoms with van der Waals surface area (Å²) in [5.41, 5.74) is 12.0. The van der Waals surface area contributed by atoms with E-state index in [1.165, 1.54) is 14.9 Å². The van der Waals surface area contributed by atoms with Crippen LogP contribution in [-0.2, 0) is 53.8 Å². The molecule has 0 saturated carbocycles. The van der Waals surface area contributed by atoms with Gasteiger partial charge in [-0.1, -0.05) is 144 Å². The van der Waals surface area contributed by atoms with Gasteiger partial charge in [-0.2, -0.15) is 0 Å².